The number of carbonyl (C=O) groups is 2. The first kappa shape index (κ1) is 17.4. The van der Waals surface area contributed by atoms with Crippen molar-refractivity contribution in [2.75, 3.05) is 38.7 Å². The Kier molecular flexibility index (Phi) is 8.37. The summed E-state index contributed by atoms with van der Waals surface area (Å²) in [6, 6.07) is 0. The van der Waals surface area contributed by atoms with Crippen LogP contribution in [0.1, 0.15) is 19.0 Å². The third kappa shape index (κ3) is 7.62. The highest BCUT2D eigenvalue weighted by atomic mass is 32.1. The van der Waals surface area contributed by atoms with Crippen molar-refractivity contribution in [2.45, 2.75) is 19.8 Å². The molecule has 1 heterocycles. The van der Waals surface area contributed by atoms with Gasteiger partial charge in [0.1, 0.15) is 0 Å². The van der Waals surface area contributed by atoms with Crippen molar-refractivity contribution in [1.82, 2.24) is 10.3 Å². The summed E-state index contributed by atoms with van der Waals surface area (Å²) >= 11 is 1.41. The molecular weight excluding hydrogens is 294 g/mol. The first-order valence-corrected chi connectivity index (χ1v) is 7.63. The van der Waals surface area contributed by atoms with Crippen LogP contribution in [0.3, 0.4) is 0 Å². The Morgan fingerprint density at radius 1 is 1.43 bits per heavy atom. The van der Waals surface area contributed by atoms with Crippen LogP contribution >= 0.6 is 11.3 Å². The molecule has 7 nitrogen and oxygen atoms in total. The number of carbonyl (C=O) groups excluding carboxylic acids is 2. The minimum absolute atomic E-state index is 0.115. The molecule has 21 heavy (non-hydrogen) atoms. The van der Waals surface area contributed by atoms with Crippen molar-refractivity contribution in [2.24, 2.45) is 0 Å². The predicted molar refractivity (Wildman–Crippen MR) is 80.4 cm³/mol. The Morgan fingerprint density at radius 2 is 2.24 bits per heavy atom. The van der Waals surface area contributed by atoms with Crippen LogP contribution in [0.15, 0.2) is 5.38 Å². The van der Waals surface area contributed by atoms with Crippen LogP contribution in [0.5, 0.6) is 0 Å². The highest BCUT2D eigenvalue weighted by molar-refractivity contribution is 7.13. The second kappa shape index (κ2) is 10.1. The zero-order chi connectivity index (χ0) is 15.5. The standard InChI is InChI=1S/C13H21N3O4S/c1-3-20-12(18)5-4-10-9-21-13(16-10)15-8-11(17)14-6-7-19-2/h9H,3-8H2,1-2H3,(H,14,17)(H,15,16). The number of nitrogens with one attached hydrogen (secondary N) is 2. The summed E-state index contributed by atoms with van der Waals surface area (Å²) < 4.78 is 9.69. The Labute approximate surface area is 128 Å². The van der Waals surface area contributed by atoms with Crippen LogP contribution in [0.25, 0.3) is 0 Å². The molecule has 1 aromatic rings. The lowest BCUT2D eigenvalue weighted by molar-refractivity contribution is -0.143. The third-order valence-corrected chi connectivity index (χ3v) is 3.32. The monoisotopic (exact) mass is 315 g/mol. The van der Waals surface area contributed by atoms with Gasteiger partial charge in [-0.2, -0.15) is 0 Å². The molecule has 8 heteroatoms. The third-order valence-electron chi connectivity index (χ3n) is 2.47. The molecule has 0 aliphatic carbocycles. The van der Waals surface area contributed by atoms with Gasteiger partial charge >= 0.3 is 5.97 Å². The molecule has 0 fully saturated rings. The van der Waals surface area contributed by atoms with E-state index < -0.39 is 0 Å². The highest BCUT2D eigenvalue weighted by Crippen LogP contribution is 2.16. The molecule has 118 valence electrons. The summed E-state index contributed by atoms with van der Waals surface area (Å²) in [4.78, 5) is 27.0. The smallest absolute Gasteiger partial charge is 0.306 e. The Bertz CT molecular complexity index is 450. The Morgan fingerprint density at radius 3 is 2.95 bits per heavy atom. The van der Waals surface area contributed by atoms with Gasteiger partial charge in [-0.05, 0) is 6.92 Å². The summed E-state index contributed by atoms with van der Waals surface area (Å²) in [6.45, 7) is 3.30. The van der Waals surface area contributed by atoms with Gasteiger partial charge in [0.2, 0.25) is 5.91 Å². The highest BCUT2D eigenvalue weighted by Gasteiger charge is 2.07. The van der Waals surface area contributed by atoms with Gasteiger partial charge in [0, 0.05) is 25.5 Å². The first-order valence-electron chi connectivity index (χ1n) is 6.75. The van der Waals surface area contributed by atoms with Crippen molar-refractivity contribution < 1.29 is 19.1 Å². The molecule has 0 aliphatic rings. The van der Waals surface area contributed by atoms with E-state index in [9.17, 15) is 9.59 Å². The molecule has 0 unspecified atom stereocenters. The maximum absolute atomic E-state index is 11.5. The van der Waals surface area contributed by atoms with Gasteiger partial charge in [-0.3, -0.25) is 9.59 Å². The molecule has 2 N–H and O–H groups in total. The van der Waals surface area contributed by atoms with Gasteiger partial charge in [-0.15, -0.1) is 11.3 Å². The number of aromatic nitrogens is 1. The number of ether oxygens (including phenoxy) is 2. The van der Waals surface area contributed by atoms with Crippen molar-refractivity contribution in [3.05, 3.63) is 11.1 Å². The number of esters is 1. The number of aryl methyl sites for hydroxylation is 1. The maximum Gasteiger partial charge on any atom is 0.306 e. The van der Waals surface area contributed by atoms with E-state index in [1.807, 2.05) is 5.38 Å². The van der Waals surface area contributed by atoms with Crippen LogP contribution in [-0.2, 0) is 25.5 Å². The number of rotatable bonds is 10. The predicted octanol–water partition coefficient (Wildman–Crippen LogP) is 0.813. The zero-order valence-corrected chi connectivity index (χ0v) is 13.1. The molecule has 0 saturated heterocycles. The molecule has 1 rings (SSSR count). The van der Waals surface area contributed by atoms with E-state index in [2.05, 4.69) is 15.6 Å². The van der Waals surface area contributed by atoms with E-state index >= 15 is 0 Å². The molecule has 1 amide bonds. The fourth-order valence-electron chi connectivity index (χ4n) is 1.48. The van der Waals surface area contributed by atoms with E-state index in [-0.39, 0.29) is 18.4 Å². The molecule has 0 saturated carbocycles. The Balaban J connectivity index is 2.25. The van der Waals surface area contributed by atoms with Crippen molar-refractivity contribution in [3.63, 3.8) is 0 Å². The topological polar surface area (TPSA) is 89.5 Å². The van der Waals surface area contributed by atoms with Gasteiger partial charge in [-0.25, -0.2) is 4.98 Å². The van der Waals surface area contributed by atoms with Gasteiger partial charge < -0.3 is 20.1 Å². The van der Waals surface area contributed by atoms with Gasteiger partial charge in [0.05, 0.1) is 31.9 Å². The summed E-state index contributed by atoms with van der Waals surface area (Å²) in [5.74, 6) is -0.340. The number of nitrogens with zero attached hydrogens (tertiary/aromatic N) is 1. The summed E-state index contributed by atoms with van der Waals surface area (Å²) in [5.41, 5.74) is 0.815. The number of methoxy groups -OCH3 is 1. The van der Waals surface area contributed by atoms with E-state index in [1.54, 1.807) is 14.0 Å². The molecule has 0 atom stereocenters. The molecular formula is C13H21N3O4S. The van der Waals surface area contributed by atoms with Crippen molar-refractivity contribution in [3.8, 4) is 0 Å². The molecule has 0 radical (unpaired) electrons. The van der Waals surface area contributed by atoms with Crippen LogP contribution < -0.4 is 10.6 Å². The summed E-state index contributed by atoms with van der Waals surface area (Å²) in [5, 5.41) is 8.18. The number of hydrogen-bond acceptors (Lipinski definition) is 7. The van der Waals surface area contributed by atoms with E-state index in [4.69, 9.17) is 9.47 Å². The second-order valence-corrected chi connectivity index (χ2v) is 5.00. The minimum Gasteiger partial charge on any atom is -0.466 e. The number of amides is 1. The van der Waals surface area contributed by atoms with Crippen LogP contribution in [-0.4, -0.2) is 50.3 Å². The van der Waals surface area contributed by atoms with Gasteiger partial charge in [0.15, 0.2) is 5.13 Å². The Hall–Kier alpha value is -1.67. The molecule has 0 bridgehead atoms. The largest absolute Gasteiger partial charge is 0.466 e. The maximum atomic E-state index is 11.5. The van der Waals surface area contributed by atoms with E-state index in [0.717, 1.165) is 5.69 Å². The van der Waals surface area contributed by atoms with Gasteiger partial charge in [-0.1, -0.05) is 0 Å². The normalized spacial score (nSPS) is 10.2. The average Bonchev–Trinajstić information content (AvgIpc) is 2.92. The second-order valence-electron chi connectivity index (χ2n) is 4.15. The molecule has 0 aliphatic heterocycles. The number of thiazole rings is 1. The lowest BCUT2D eigenvalue weighted by atomic mass is 10.2. The summed E-state index contributed by atoms with van der Waals surface area (Å²) in [7, 11) is 1.58. The van der Waals surface area contributed by atoms with Crippen molar-refractivity contribution >= 4 is 28.3 Å². The summed E-state index contributed by atoms with van der Waals surface area (Å²) in [6.07, 6.45) is 0.853. The average molecular weight is 315 g/mol. The SMILES string of the molecule is CCOC(=O)CCc1csc(NCC(=O)NCCOC)n1. The van der Waals surface area contributed by atoms with Crippen LogP contribution in [0.4, 0.5) is 5.13 Å². The fraction of sp³-hybridized carbons (Fsp3) is 0.615. The van der Waals surface area contributed by atoms with E-state index in [1.165, 1.54) is 11.3 Å². The van der Waals surface area contributed by atoms with Crippen LogP contribution in [0.2, 0.25) is 0 Å². The minimum atomic E-state index is -0.225. The molecule has 1 aromatic heterocycles. The van der Waals surface area contributed by atoms with Crippen molar-refractivity contribution in [1.29, 1.82) is 0 Å². The fourth-order valence-corrected chi connectivity index (χ4v) is 2.22. The first-order chi connectivity index (χ1) is 10.2. The molecule has 0 spiro atoms. The van der Waals surface area contributed by atoms with Crippen LogP contribution in [0, 0.1) is 0 Å². The molecule has 0 aromatic carbocycles. The number of anilines is 1. The lowest BCUT2D eigenvalue weighted by Crippen LogP contribution is -2.32. The van der Waals surface area contributed by atoms with E-state index in [0.29, 0.717) is 37.7 Å². The van der Waals surface area contributed by atoms with Gasteiger partial charge in [0.25, 0.3) is 0 Å². The number of hydrogen-bond donors (Lipinski definition) is 2. The zero-order valence-electron chi connectivity index (χ0n) is 12.3. The lowest BCUT2D eigenvalue weighted by Gasteiger charge is -2.04. The quantitative estimate of drug-likeness (QED) is 0.491.